The Balaban J connectivity index is 1.85. The summed E-state index contributed by atoms with van der Waals surface area (Å²) < 4.78 is 50.9. The molecule has 0 radical (unpaired) electrons. The van der Waals surface area contributed by atoms with Gasteiger partial charge >= 0.3 is 0 Å². The fourth-order valence-corrected chi connectivity index (χ4v) is 5.38. The third-order valence-corrected chi connectivity index (χ3v) is 8.06. The van der Waals surface area contributed by atoms with Crippen LogP contribution in [-0.4, -0.2) is 76.8 Å². The second-order valence-electron chi connectivity index (χ2n) is 8.50. The average Bonchev–Trinajstić information content (AvgIpc) is 3.35. The van der Waals surface area contributed by atoms with Crippen LogP contribution in [0.25, 0.3) is 17.2 Å². The first-order valence-corrected chi connectivity index (χ1v) is 13.5. The van der Waals surface area contributed by atoms with Crippen molar-refractivity contribution in [3.63, 3.8) is 0 Å². The zero-order valence-electron chi connectivity index (χ0n) is 22.4. The number of hydrogen-bond acceptors (Lipinski definition) is 12. The number of rotatable bonds is 11. The van der Waals surface area contributed by atoms with Gasteiger partial charge < -0.3 is 18.9 Å². The van der Waals surface area contributed by atoms with Crippen molar-refractivity contribution in [2.75, 3.05) is 28.4 Å². The number of hydrogen-bond donors (Lipinski definition) is 0. The summed E-state index contributed by atoms with van der Waals surface area (Å²) in [6, 6.07) is 6.74. The monoisotopic (exact) mass is 555 g/mol. The van der Waals surface area contributed by atoms with Gasteiger partial charge in [0.2, 0.25) is 11.8 Å². The fourth-order valence-electron chi connectivity index (χ4n) is 3.96. The molecule has 13 nitrogen and oxygen atoms in total. The van der Waals surface area contributed by atoms with Crippen LogP contribution in [-0.2, 0) is 20.3 Å². The molecule has 4 heterocycles. The number of ether oxygens (including phenoxy) is 4. The zero-order chi connectivity index (χ0) is 28.2. The molecule has 0 saturated heterocycles. The lowest BCUT2D eigenvalue weighted by molar-refractivity contribution is 0.0947. The minimum atomic E-state index is -3.91. The van der Waals surface area contributed by atoms with Crippen molar-refractivity contribution >= 4 is 9.84 Å². The molecule has 4 aromatic heterocycles. The van der Waals surface area contributed by atoms with Crippen molar-refractivity contribution in [1.29, 1.82) is 0 Å². The Morgan fingerprint density at radius 3 is 2.33 bits per heavy atom. The van der Waals surface area contributed by atoms with E-state index in [4.69, 9.17) is 18.9 Å². The summed E-state index contributed by atoms with van der Waals surface area (Å²) in [4.78, 5) is 17.3. The average molecular weight is 556 g/mol. The molecule has 0 bridgehead atoms. The second-order valence-corrected chi connectivity index (χ2v) is 10.9. The van der Waals surface area contributed by atoms with Gasteiger partial charge in [-0.15, -0.1) is 10.2 Å². The molecule has 0 fully saturated rings. The molecule has 0 spiro atoms. The van der Waals surface area contributed by atoms with Gasteiger partial charge in [-0.2, -0.15) is 0 Å². The van der Waals surface area contributed by atoms with Crippen LogP contribution in [0.3, 0.4) is 0 Å². The maximum atomic E-state index is 13.7. The Kier molecular flexibility index (Phi) is 8.35. The molecule has 39 heavy (non-hydrogen) atoms. The van der Waals surface area contributed by atoms with E-state index in [1.54, 1.807) is 43.6 Å². The Morgan fingerprint density at radius 1 is 0.949 bits per heavy atom. The summed E-state index contributed by atoms with van der Waals surface area (Å²) in [5.74, 6) is 0.965. The van der Waals surface area contributed by atoms with Gasteiger partial charge in [0.1, 0.15) is 23.3 Å². The Bertz CT molecular complexity index is 1520. The highest BCUT2D eigenvalue weighted by atomic mass is 32.2. The molecule has 4 aromatic rings. The molecular weight excluding hydrogens is 526 g/mol. The van der Waals surface area contributed by atoms with Crippen LogP contribution in [0.4, 0.5) is 0 Å². The highest BCUT2D eigenvalue weighted by Crippen LogP contribution is 2.36. The number of nitrogens with zero attached hydrogens (tertiary/aromatic N) is 7. The summed E-state index contributed by atoms with van der Waals surface area (Å²) >= 11 is 0. The smallest absolute Gasteiger partial charge is 0.242 e. The van der Waals surface area contributed by atoms with Crippen LogP contribution < -0.4 is 14.2 Å². The molecule has 0 aliphatic carbocycles. The lowest BCUT2D eigenvalue weighted by Crippen LogP contribution is -2.30. The second kappa shape index (κ2) is 11.7. The van der Waals surface area contributed by atoms with Crippen LogP contribution >= 0.6 is 0 Å². The summed E-state index contributed by atoms with van der Waals surface area (Å²) in [5, 5.41) is 7.53. The third-order valence-electron chi connectivity index (χ3n) is 6.01. The number of sulfone groups is 1. The SMILES string of the molecule is COc1cccc(-c2nnc(CS(=O)(=O)[C@@H](C)[C@H](OC)c3ncc(C)cn3)n2-c2c(OC)ccnc2OC)n1. The van der Waals surface area contributed by atoms with Crippen LogP contribution in [0.15, 0.2) is 42.9 Å². The van der Waals surface area contributed by atoms with Crippen LogP contribution in [0.2, 0.25) is 0 Å². The molecule has 0 saturated carbocycles. The first-order valence-electron chi connectivity index (χ1n) is 11.8. The van der Waals surface area contributed by atoms with Crippen molar-refractivity contribution in [3.8, 4) is 34.7 Å². The van der Waals surface area contributed by atoms with E-state index in [0.29, 0.717) is 23.0 Å². The van der Waals surface area contributed by atoms with E-state index in [-0.39, 0.29) is 23.4 Å². The van der Waals surface area contributed by atoms with E-state index in [1.165, 1.54) is 39.2 Å². The minimum Gasteiger partial charge on any atom is -0.494 e. The Morgan fingerprint density at radius 2 is 1.69 bits per heavy atom. The maximum Gasteiger partial charge on any atom is 0.242 e. The van der Waals surface area contributed by atoms with Crippen molar-refractivity contribution in [3.05, 3.63) is 60.1 Å². The Labute approximate surface area is 226 Å². The molecular formula is C25H29N7O6S. The summed E-state index contributed by atoms with van der Waals surface area (Å²) in [5.41, 5.74) is 1.54. The highest BCUT2D eigenvalue weighted by molar-refractivity contribution is 7.91. The molecule has 0 aliphatic rings. The number of aromatic nitrogens is 7. The standard InChI is InChI=1S/C25H29N7O6S/c1-15-12-27-23(28-13-15)22(37-5)16(2)39(33,34)14-19-30-31-24(17-8-7-9-20(29-17)36-4)32(19)21-18(35-3)10-11-26-25(21)38-6/h7-13,16,22H,14H2,1-6H3/t16-,22-/m0/s1. The molecule has 0 unspecified atom stereocenters. The lowest BCUT2D eigenvalue weighted by Gasteiger charge is -2.22. The van der Waals surface area contributed by atoms with Gasteiger partial charge in [-0.3, -0.25) is 4.57 Å². The normalized spacial score (nSPS) is 13.1. The van der Waals surface area contributed by atoms with Gasteiger partial charge in [-0.05, 0) is 25.5 Å². The van der Waals surface area contributed by atoms with Crippen LogP contribution in [0.1, 0.15) is 30.2 Å². The van der Waals surface area contributed by atoms with Crippen LogP contribution in [0.5, 0.6) is 17.5 Å². The molecule has 4 rings (SSSR count). The first kappa shape index (κ1) is 27.9. The van der Waals surface area contributed by atoms with Crippen molar-refractivity contribution in [2.45, 2.75) is 31.0 Å². The van der Waals surface area contributed by atoms with Gasteiger partial charge in [0, 0.05) is 37.8 Å². The van der Waals surface area contributed by atoms with Crippen LogP contribution in [0, 0.1) is 6.92 Å². The Hall–Kier alpha value is -4.17. The predicted molar refractivity (Wildman–Crippen MR) is 141 cm³/mol. The first-order chi connectivity index (χ1) is 18.7. The van der Waals surface area contributed by atoms with Gasteiger partial charge in [-0.25, -0.2) is 28.4 Å². The molecule has 206 valence electrons. The van der Waals surface area contributed by atoms with E-state index in [0.717, 1.165) is 5.56 Å². The lowest BCUT2D eigenvalue weighted by atomic mass is 10.2. The highest BCUT2D eigenvalue weighted by Gasteiger charge is 2.35. The largest absolute Gasteiger partial charge is 0.494 e. The van der Waals surface area contributed by atoms with E-state index in [9.17, 15) is 8.42 Å². The molecule has 2 atom stereocenters. The van der Waals surface area contributed by atoms with Gasteiger partial charge in [0.05, 0.1) is 26.6 Å². The minimum absolute atomic E-state index is 0.0887. The summed E-state index contributed by atoms with van der Waals surface area (Å²) in [6.45, 7) is 3.39. The van der Waals surface area contributed by atoms with Gasteiger partial charge in [0.15, 0.2) is 33.0 Å². The van der Waals surface area contributed by atoms with Gasteiger partial charge in [-0.1, -0.05) is 6.07 Å². The third kappa shape index (κ3) is 5.66. The molecule has 0 aromatic carbocycles. The van der Waals surface area contributed by atoms with E-state index >= 15 is 0 Å². The molecule has 0 aliphatic heterocycles. The quantitative estimate of drug-likeness (QED) is 0.267. The van der Waals surface area contributed by atoms with Crippen molar-refractivity contribution in [2.24, 2.45) is 0 Å². The predicted octanol–water partition coefficient (Wildman–Crippen LogP) is 2.54. The van der Waals surface area contributed by atoms with Crippen molar-refractivity contribution < 1.29 is 27.4 Å². The molecule has 0 amide bonds. The number of methoxy groups -OCH3 is 4. The number of pyridine rings is 2. The maximum absolute atomic E-state index is 13.7. The summed E-state index contributed by atoms with van der Waals surface area (Å²) in [6.07, 6.45) is 3.82. The fraction of sp³-hybridized carbons (Fsp3) is 0.360. The van der Waals surface area contributed by atoms with Crippen molar-refractivity contribution in [1.82, 2.24) is 34.7 Å². The van der Waals surface area contributed by atoms with E-state index < -0.39 is 26.9 Å². The molecule has 0 N–H and O–H groups in total. The van der Waals surface area contributed by atoms with E-state index in [2.05, 4.69) is 30.1 Å². The zero-order valence-corrected chi connectivity index (χ0v) is 23.2. The number of aryl methyl sites for hydroxylation is 1. The topological polar surface area (TPSA) is 153 Å². The summed E-state index contributed by atoms with van der Waals surface area (Å²) in [7, 11) is 1.93. The van der Waals surface area contributed by atoms with E-state index in [1.807, 2.05) is 6.92 Å². The molecule has 14 heteroatoms. The van der Waals surface area contributed by atoms with Gasteiger partial charge in [0.25, 0.3) is 0 Å².